The van der Waals surface area contributed by atoms with E-state index < -0.39 is 0 Å². The van der Waals surface area contributed by atoms with E-state index in [2.05, 4.69) is 9.69 Å². The number of hydrogen-bond acceptors (Lipinski definition) is 5. The van der Waals surface area contributed by atoms with Crippen molar-refractivity contribution in [3.8, 4) is 5.75 Å². The number of methoxy groups -OCH3 is 1. The van der Waals surface area contributed by atoms with Gasteiger partial charge in [0.05, 0.1) is 7.11 Å². The molecule has 90 valence electrons. The molecule has 1 aromatic heterocycles. The lowest BCUT2D eigenvalue weighted by Gasteiger charge is -2.07. The number of benzene rings is 1. The second kappa shape index (κ2) is 5.25. The molecule has 2 rings (SSSR count). The van der Waals surface area contributed by atoms with Crippen LogP contribution >= 0.6 is 23.1 Å². The van der Waals surface area contributed by atoms with Gasteiger partial charge in [0.2, 0.25) is 0 Å². The molecular weight excluding hydrogens is 258 g/mol. The van der Waals surface area contributed by atoms with Crippen LogP contribution in [-0.4, -0.2) is 11.5 Å². The molecule has 4 nitrogen and oxygen atoms in total. The highest BCUT2D eigenvalue weighted by Crippen LogP contribution is 2.35. The molecule has 0 fully saturated rings. The zero-order valence-electron chi connectivity index (χ0n) is 9.24. The molecule has 0 bridgehead atoms. The first-order valence-electron chi connectivity index (χ1n) is 4.98. The summed E-state index contributed by atoms with van der Waals surface area (Å²) in [5.41, 5.74) is 6.68. The number of ether oxygens (including phenoxy) is 1. The van der Waals surface area contributed by atoms with E-state index in [4.69, 9.17) is 22.1 Å². The first kappa shape index (κ1) is 12.0. The smallest absolute Gasteiger partial charge is 0.197 e. The van der Waals surface area contributed by atoms with Crippen molar-refractivity contribution in [1.29, 1.82) is 0 Å². The number of nitrogens with one attached hydrogen (secondary N) is 1. The summed E-state index contributed by atoms with van der Waals surface area (Å²) in [6.07, 6.45) is 0. The molecule has 0 radical (unpaired) electrons. The van der Waals surface area contributed by atoms with Crippen molar-refractivity contribution < 1.29 is 4.74 Å². The van der Waals surface area contributed by atoms with Gasteiger partial charge in [-0.05, 0) is 23.2 Å². The summed E-state index contributed by atoms with van der Waals surface area (Å²) in [6.45, 7) is 0.609. The summed E-state index contributed by atoms with van der Waals surface area (Å²) in [5, 5.41) is 4.75. The number of hydrogen-bond donors (Lipinski definition) is 2. The van der Waals surface area contributed by atoms with E-state index in [-0.39, 0.29) is 0 Å². The van der Waals surface area contributed by atoms with Gasteiger partial charge in [0.25, 0.3) is 0 Å². The molecular formula is C11H12ClN3OS. The van der Waals surface area contributed by atoms with Crippen LogP contribution in [0.3, 0.4) is 0 Å². The van der Waals surface area contributed by atoms with E-state index in [1.807, 2.05) is 24.3 Å². The number of nitrogens with zero attached hydrogens (tertiary/aromatic N) is 1. The van der Waals surface area contributed by atoms with Gasteiger partial charge in [-0.15, -0.1) is 0 Å². The standard InChI is InChI=1S/C11H12ClN3OS/c1-16-9-10(13)15-17-11(9)14-6-7-4-2-3-5-8(7)12/h2-5,14H,6H2,1H3,(H2,13,15). The molecule has 0 spiro atoms. The van der Waals surface area contributed by atoms with Gasteiger partial charge >= 0.3 is 0 Å². The van der Waals surface area contributed by atoms with Crippen LogP contribution in [-0.2, 0) is 6.54 Å². The van der Waals surface area contributed by atoms with Gasteiger partial charge in [-0.2, -0.15) is 4.37 Å². The van der Waals surface area contributed by atoms with Crippen LogP contribution in [0, 0.1) is 0 Å². The van der Waals surface area contributed by atoms with E-state index in [9.17, 15) is 0 Å². The van der Waals surface area contributed by atoms with Gasteiger partial charge in [-0.1, -0.05) is 29.8 Å². The van der Waals surface area contributed by atoms with Crippen LogP contribution in [0.2, 0.25) is 5.02 Å². The third-order valence-electron chi connectivity index (χ3n) is 2.28. The first-order chi connectivity index (χ1) is 8.22. The lowest BCUT2D eigenvalue weighted by Crippen LogP contribution is -2.00. The van der Waals surface area contributed by atoms with Gasteiger partial charge < -0.3 is 15.8 Å². The van der Waals surface area contributed by atoms with Crippen molar-refractivity contribution in [2.24, 2.45) is 0 Å². The summed E-state index contributed by atoms with van der Waals surface area (Å²) >= 11 is 7.33. The predicted octanol–water partition coefficient (Wildman–Crippen LogP) is 3.00. The van der Waals surface area contributed by atoms with E-state index in [1.165, 1.54) is 11.5 Å². The maximum absolute atomic E-state index is 6.06. The highest BCUT2D eigenvalue weighted by Gasteiger charge is 2.11. The molecule has 0 aliphatic rings. The number of rotatable bonds is 4. The van der Waals surface area contributed by atoms with Crippen LogP contribution < -0.4 is 15.8 Å². The number of nitrogens with two attached hydrogens (primary N) is 1. The van der Waals surface area contributed by atoms with Crippen LogP contribution in [0.15, 0.2) is 24.3 Å². The molecule has 1 aromatic carbocycles. The van der Waals surface area contributed by atoms with E-state index in [0.29, 0.717) is 18.1 Å². The number of halogens is 1. The summed E-state index contributed by atoms with van der Waals surface area (Å²) < 4.78 is 9.18. The van der Waals surface area contributed by atoms with Crippen molar-refractivity contribution >= 4 is 34.0 Å². The lowest BCUT2D eigenvalue weighted by molar-refractivity contribution is 0.419. The van der Waals surface area contributed by atoms with Gasteiger partial charge in [0.15, 0.2) is 16.6 Å². The highest BCUT2D eigenvalue weighted by atomic mass is 35.5. The summed E-state index contributed by atoms with van der Waals surface area (Å²) in [5.74, 6) is 0.987. The van der Waals surface area contributed by atoms with Gasteiger partial charge in [-0.3, -0.25) is 0 Å². The third-order valence-corrected chi connectivity index (χ3v) is 3.44. The zero-order valence-corrected chi connectivity index (χ0v) is 10.8. The minimum atomic E-state index is 0.402. The zero-order chi connectivity index (χ0) is 12.3. The minimum Gasteiger partial charge on any atom is -0.490 e. The summed E-state index contributed by atoms with van der Waals surface area (Å²) in [6, 6.07) is 7.67. The Bertz CT molecular complexity index is 515. The Morgan fingerprint density at radius 1 is 1.47 bits per heavy atom. The molecule has 0 amide bonds. The Labute approximate surface area is 109 Å². The summed E-state index contributed by atoms with van der Waals surface area (Å²) in [4.78, 5) is 0. The Kier molecular flexibility index (Phi) is 3.71. The fourth-order valence-electron chi connectivity index (χ4n) is 1.42. The molecule has 1 heterocycles. The van der Waals surface area contributed by atoms with Crippen molar-refractivity contribution in [3.63, 3.8) is 0 Å². The van der Waals surface area contributed by atoms with Crippen LogP contribution in [0.1, 0.15) is 5.56 Å². The van der Waals surface area contributed by atoms with E-state index >= 15 is 0 Å². The SMILES string of the molecule is COc1c(N)nsc1NCc1ccccc1Cl. The number of anilines is 2. The fraction of sp³-hybridized carbons (Fsp3) is 0.182. The molecule has 6 heteroatoms. The second-order valence-corrected chi connectivity index (χ2v) is 4.56. The topological polar surface area (TPSA) is 60.2 Å². The van der Waals surface area contributed by atoms with Crippen molar-refractivity contribution in [2.45, 2.75) is 6.54 Å². The molecule has 17 heavy (non-hydrogen) atoms. The molecule has 0 atom stereocenters. The lowest BCUT2D eigenvalue weighted by atomic mass is 10.2. The maximum Gasteiger partial charge on any atom is 0.197 e. The van der Waals surface area contributed by atoms with E-state index in [1.54, 1.807) is 7.11 Å². The predicted molar refractivity (Wildman–Crippen MR) is 71.9 cm³/mol. The monoisotopic (exact) mass is 269 g/mol. The van der Waals surface area contributed by atoms with Gasteiger partial charge in [0, 0.05) is 11.6 Å². The minimum absolute atomic E-state index is 0.402. The second-order valence-electron chi connectivity index (χ2n) is 3.38. The highest BCUT2D eigenvalue weighted by molar-refractivity contribution is 7.11. The molecule has 0 aliphatic heterocycles. The number of aromatic nitrogens is 1. The molecule has 0 saturated heterocycles. The Hall–Kier alpha value is -1.46. The quantitative estimate of drug-likeness (QED) is 0.896. The van der Waals surface area contributed by atoms with Gasteiger partial charge in [0.1, 0.15) is 0 Å². The maximum atomic E-state index is 6.06. The Morgan fingerprint density at radius 3 is 2.94 bits per heavy atom. The number of nitrogen functional groups attached to an aromatic ring is 1. The average Bonchev–Trinajstić information content (AvgIpc) is 2.69. The van der Waals surface area contributed by atoms with Gasteiger partial charge in [-0.25, -0.2) is 0 Å². The first-order valence-corrected chi connectivity index (χ1v) is 6.14. The van der Waals surface area contributed by atoms with Crippen molar-refractivity contribution in [1.82, 2.24) is 4.37 Å². The van der Waals surface area contributed by atoms with Crippen LogP contribution in [0.4, 0.5) is 10.8 Å². The molecule has 0 saturated carbocycles. The summed E-state index contributed by atoms with van der Waals surface area (Å²) in [7, 11) is 1.57. The largest absolute Gasteiger partial charge is 0.490 e. The normalized spacial score (nSPS) is 10.2. The average molecular weight is 270 g/mol. The fourth-order valence-corrected chi connectivity index (χ4v) is 2.30. The van der Waals surface area contributed by atoms with Crippen molar-refractivity contribution in [3.05, 3.63) is 34.9 Å². The Balaban J connectivity index is 2.10. The van der Waals surface area contributed by atoms with Crippen LogP contribution in [0.25, 0.3) is 0 Å². The van der Waals surface area contributed by atoms with Crippen molar-refractivity contribution in [2.75, 3.05) is 18.2 Å². The van der Waals surface area contributed by atoms with E-state index in [0.717, 1.165) is 15.6 Å². The molecule has 2 aromatic rings. The third kappa shape index (κ3) is 2.62. The molecule has 0 aliphatic carbocycles. The molecule has 3 N–H and O–H groups in total. The molecule has 0 unspecified atom stereocenters. The van der Waals surface area contributed by atoms with Crippen LogP contribution in [0.5, 0.6) is 5.75 Å². The Morgan fingerprint density at radius 2 is 2.24 bits per heavy atom.